The van der Waals surface area contributed by atoms with E-state index < -0.39 is 5.97 Å². The van der Waals surface area contributed by atoms with Crippen LogP contribution in [0.1, 0.15) is 17.5 Å². The van der Waals surface area contributed by atoms with E-state index in [1.165, 1.54) is 7.11 Å². The van der Waals surface area contributed by atoms with Crippen LogP contribution in [0.15, 0.2) is 29.8 Å². The molecule has 88 valence electrons. The highest BCUT2D eigenvalue weighted by Gasteiger charge is 2.17. The molecule has 17 heavy (non-hydrogen) atoms. The minimum Gasteiger partial charge on any atom is -0.469 e. The van der Waals surface area contributed by atoms with E-state index in [1.54, 1.807) is 6.08 Å². The SMILES string of the molecule is COC(=O)CC1=Cc2ccccc2CNC1=O. The van der Waals surface area contributed by atoms with E-state index >= 15 is 0 Å². The second kappa shape index (κ2) is 4.82. The van der Waals surface area contributed by atoms with Crippen molar-refractivity contribution in [1.29, 1.82) is 0 Å². The number of benzene rings is 1. The van der Waals surface area contributed by atoms with Crippen molar-refractivity contribution in [1.82, 2.24) is 5.32 Å². The number of methoxy groups -OCH3 is 1. The van der Waals surface area contributed by atoms with Crippen LogP contribution < -0.4 is 5.32 Å². The molecule has 0 atom stereocenters. The smallest absolute Gasteiger partial charge is 0.310 e. The number of ether oxygens (including phenoxy) is 1. The van der Waals surface area contributed by atoms with Crippen LogP contribution in [-0.2, 0) is 20.9 Å². The zero-order valence-corrected chi connectivity index (χ0v) is 9.53. The summed E-state index contributed by atoms with van der Waals surface area (Å²) in [7, 11) is 1.31. The molecule has 2 rings (SSSR count). The van der Waals surface area contributed by atoms with Crippen molar-refractivity contribution in [3.8, 4) is 0 Å². The standard InChI is InChI=1S/C13H13NO3/c1-17-12(15)7-11-6-9-4-2-3-5-10(9)8-14-13(11)16/h2-6H,7-8H2,1H3,(H,14,16). The van der Waals surface area contributed by atoms with Crippen molar-refractivity contribution in [3.05, 3.63) is 41.0 Å². The largest absolute Gasteiger partial charge is 0.469 e. The van der Waals surface area contributed by atoms with E-state index in [0.29, 0.717) is 12.1 Å². The Hall–Kier alpha value is -2.10. The number of hydrogen-bond acceptors (Lipinski definition) is 3. The quantitative estimate of drug-likeness (QED) is 0.780. The van der Waals surface area contributed by atoms with Gasteiger partial charge in [0.25, 0.3) is 0 Å². The molecular weight excluding hydrogens is 218 g/mol. The Kier molecular flexibility index (Phi) is 3.23. The normalized spacial score (nSPS) is 14.2. The van der Waals surface area contributed by atoms with Crippen molar-refractivity contribution >= 4 is 18.0 Å². The van der Waals surface area contributed by atoms with Crippen LogP contribution in [0.2, 0.25) is 0 Å². The number of rotatable bonds is 2. The lowest BCUT2D eigenvalue weighted by molar-refractivity contribution is -0.140. The fourth-order valence-corrected chi connectivity index (χ4v) is 1.74. The third-order valence-corrected chi connectivity index (χ3v) is 2.68. The summed E-state index contributed by atoms with van der Waals surface area (Å²) in [5.74, 6) is -0.627. The third kappa shape index (κ3) is 2.53. The predicted octanol–water partition coefficient (Wildman–Crippen LogP) is 1.26. The fraction of sp³-hybridized carbons (Fsp3) is 0.231. The first-order valence-electron chi connectivity index (χ1n) is 5.34. The number of carbonyl (C=O) groups excluding carboxylic acids is 2. The van der Waals surface area contributed by atoms with E-state index in [0.717, 1.165) is 11.1 Å². The minimum absolute atomic E-state index is 0.00331. The van der Waals surface area contributed by atoms with Crippen molar-refractivity contribution in [3.63, 3.8) is 0 Å². The summed E-state index contributed by atoms with van der Waals surface area (Å²) in [5.41, 5.74) is 2.44. The van der Waals surface area contributed by atoms with Gasteiger partial charge in [-0.15, -0.1) is 0 Å². The van der Waals surface area contributed by atoms with E-state index in [4.69, 9.17) is 0 Å². The number of fused-ring (bicyclic) bond motifs is 1. The van der Waals surface area contributed by atoms with Gasteiger partial charge in [-0.05, 0) is 17.2 Å². The molecule has 1 aromatic rings. The first-order chi connectivity index (χ1) is 8.20. The van der Waals surface area contributed by atoms with Crippen LogP contribution in [0.4, 0.5) is 0 Å². The molecule has 0 unspecified atom stereocenters. The Morgan fingerprint density at radius 1 is 1.41 bits per heavy atom. The predicted molar refractivity (Wildman–Crippen MR) is 62.9 cm³/mol. The van der Waals surface area contributed by atoms with E-state index in [1.807, 2.05) is 24.3 Å². The number of nitrogens with one attached hydrogen (secondary N) is 1. The molecule has 1 aliphatic heterocycles. The number of amides is 1. The van der Waals surface area contributed by atoms with Gasteiger partial charge in [-0.1, -0.05) is 24.3 Å². The van der Waals surface area contributed by atoms with Crippen LogP contribution in [0.5, 0.6) is 0 Å². The van der Waals surface area contributed by atoms with Crippen LogP contribution >= 0.6 is 0 Å². The maximum absolute atomic E-state index is 11.7. The Bertz CT molecular complexity index is 491. The zero-order valence-electron chi connectivity index (χ0n) is 9.53. The van der Waals surface area contributed by atoms with Crippen molar-refractivity contribution in [2.24, 2.45) is 0 Å². The summed E-state index contributed by atoms with van der Waals surface area (Å²) in [6.45, 7) is 0.482. The number of esters is 1. The molecule has 0 saturated heterocycles. The second-order valence-electron chi connectivity index (χ2n) is 3.80. The van der Waals surface area contributed by atoms with Gasteiger partial charge in [0.15, 0.2) is 0 Å². The van der Waals surface area contributed by atoms with Gasteiger partial charge in [-0.3, -0.25) is 9.59 Å². The second-order valence-corrected chi connectivity index (χ2v) is 3.80. The summed E-state index contributed by atoms with van der Waals surface area (Å²) in [6.07, 6.45) is 1.74. The van der Waals surface area contributed by atoms with Gasteiger partial charge >= 0.3 is 5.97 Å². The molecule has 0 aliphatic carbocycles. The minimum atomic E-state index is -0.411. The zero-order chi connectivity index (χ0) is 12.3. The average molecular weight is 231 g/mol. The monoisotopic (exact) mass is 231 g/mol. The molecule has 0 radical (unpaired) electrons. The molecule has 1 aromatic carbocycles. The van der Waals surface area contributed by atoms with Gasteiger partial charge in [-0.2, -0.15) is 0 Å². The lowest BCUT2D eigenvalue weighted by atomic mass is 10.0. The highest BCUT2D eigenvalue weighted by atomic mass is 16.5. The topological polar surface area (TPSA) is 55.4 Å². The summed E-state index contributed by atoms with van der Waals surface area (Å²) in [4.78, 5) is 23.0. The summed E-state index contributed by atoms with van der Waals surface area (Å²) in [6, 6.07) is 7.70. The lowest BCUT2D eigenvalue weighted by Gasteiger charge is -2.03. The Labute approximate surface area is 99.3 Å². The molecule has 1 aliphatic rings. The molecule has 0 fully saturated rings. The first kappa shape index (κ1) is 11.4. The molecule has 1 heterocycles. The Morgan fingerprint density at radius 3 is 2.94 bits per heavy atom. The maximum atomic E-state index is 11.7. The Balaban J connectivity index is 2.33. The Morgan fingerprint density at radius 2 is 2.18 bits per heavy atom. The first-order valence-corrected chi connectivity index (χ1v) is 5.34. The lowest BCUT2D eigenvalue weighted by Crippen LogP contribution is -2.24. The molecule has 0 aromatic heterocycles. The molecular formula is C13H13NO3. The van der Waals surface area contributed by atoms with Crippen LogP contribution in [-0.4, -0.2) is 19.0 Å². The molecule has 0 spiro atoms. The number of hydrogen-bond donors (Lipinski definition) is 1. The van der Waals surface area contributed by atoms with Gasteiger partial charge < -0.3 is 10.1 Å². The van der Waals surface area contributed by atoms with Crippen LogP contribution in [0.3, 0.4) is 0 Å². The van der Waals surface area contributed by atoms with Crippen molar-refractivity contribution in [2.45, 2.75) is 13.0 Å². The summed E-state index contributed by atoms with van der Waals surface area (Å²) >= 11 is 0. The van der Waals surface area contributed by atoms with E-state index in [2.05, 4.69) is 10.1 Å². The molecule has 0 bridgehead atoms. The van der Waals surface area contributed by atoms with Crippen molar-refractivity contribution < 1.29 is 14.3 Å². The van der Waals surface area contributed by atoms with Gasteiger partial charge in [0.05, 0.1) is 13.5 Å². The van der Waals surface area contributed by atoms with Crippen molar-refractivity contribution in [2.75, 3.05) is 7.11 Å². The third-order valence-electron chi connectivity index (χ3n) is 2.68. The van der Waals surface area contributed by atoms with Crippen LogP contribution in [0.25, 0.3) is 6.08 Å². The van der Waals surface area contributed by atoms with E-state index in [-0.39, 0.29) is 12.3 Å². The molecule has 1 amide bonds. The summed E-state index contributed by atoms with van der Waals surface area (Å²) < 4.78 is 4.57. The molecule has 4 nitrogen and oxygen atoms in total. The molecule has 1 N–H and O–H groups in total. The van der Waals surface area contributed by atoms with Gasteiger partial charge in [-0.25, -0.2) is 0 Å². The van der Waals surface area contributed by atoms with E-state index in [9.17, 15) is 9.59 Å². The fourth-order valence-electron chi connectivity index (χ4n) is 1.74. The highest BCUT2D eigenvalue weighted by molar-refractivity contribution is 6.02. The summed E-state index contributed by atoms with van der Waals surface area (Å²) in [5, 5.41) is 2.77. The number of carbonyl (C=O) groups is 2. The van der Waals surface area contributed by atoms with Crippen LogP contribution in [0, 0.1) is 0 Å². The van der Waals surface area contributed by atoms with Gasteiger partial charge in [0.1, 0.15) is 0 Å². The maximum Gasteiger partial charge on any atom is 0.310 e. The molecule has 0 saturated carbocycles. The van der Waals surface area contributed by atoms with Gasteiger partial charge in [0.2, 0.25) is 5.91 Å². The molecule has 4 heteroatoms. The highest BCUT2D eigenvalue weighted by Crippen LogP contribution is 2.18. The van der Waals surface area contributed by atoms with Gasteiger partial charge in [0, 0.05) is 12.1 Å². The average Bonchev–Trinajstić information content (AvgIpc) is 2.50.